The van der Waals surface area contributed by atoms with Crippen molar-refractivity contribution in [3.8, 4) is 0 Å². The van der Waals surface area contributed by atoms with Crippen LogP contribution in [-0.2, 0) is 11.3 Å². The molecule has 0 radical (unpaired) electrons. The molecule has 4 nitrogen and oxygen atoms in total. The Morgan fingerprint density at radius 2 is 2.24 bits per heavy atom. The summed E-state index contributed by atoms with van der Waals surface area (Å²) in [7, 11) is 0. The molecule has 3 heterocycles. The molecule has 0 bridgehead atoms. The quantitative estimate of drug-likeness (QED) is 0.939. The maximum atomic E-state index is 5.94. The van der Waals surface area contributed by atoms with Gasteiger partial charge in [-0.05, 0) is 24.0 Å². The van der Waals surface area contributed by atoms with Crippen molar-refractivity contribution in [3.63, 3.8) is 0 Å². The molecule has 2 aromatic rings. The van der Waals surface area contributed by atoms with Gasteiger partial charge in [0.25, 0.3) is 0 Å². The van der Waals surface area contributed by atoms with Crippen molar-refractivity contribution in [3.05, 3.63) is 36.3 Å². The van der Waals surface area contributed by atoms with Crippen LogP contribution in [-0.4, -0.2) is 28.6 Å². The molecule has 2 atom stereocenters. The van der Waals surface area contributed by atoms with Crippen molar-refractivity contribution in [1.29, 1.82) is 0 Å². The first-order valence-electron chi connectivity index (χ1n) is 7.79. The summed E-state index contributed by atoms with van der Waals surface area (Å²) in [5.74, 6) is 0.604. The second kappa shape index (κ2) is 5.78. The van der Waals surface area contributed by atoms with Gasteiger partial charge < -0.3 is 14.5 Å². The highest BCUT2D eigenvalue weighted by atomic mass is 16.5. The van der Waals surface area contributed by atoms with Crippen LogP contribution in [0.5, 0.6) is 0 Å². The summed E-state index contributed by atoms with van der Waals surface area (Å²) < 4.78 is 8.07. The zero-order chi connectivity index (χ0) is 14.9. The van der Waals surface area contributed by atoms with E-state index in [1.807, 2.05) is 18.5 Å². The van der Waals surface area contributed by atoms with Crippen molar-refractivity contribution in [2.24, 2.45) is 11.3 Å². The van der Waals surface area contributed by atoms with Crippen molar-refractivity contribution < 1.29 is 4.74 Å². The maximum Gasteiger partial charge on any atom is 0.136 e. The molecule has 1 N–H and O–H groups in total. The summed E-state index contributed by atoms with van der Waals surface area (Å²) in [6.07, 6.45) is 5.38. The minimum atomic E-state index is 0.215. The van der Waals surface area contributed by atoms with E-state index in [0.717, 1.165) is 31.8 Å². The molecule has 0 aliphatic carbocycles. The Morgan fingerprint density at radius 1 is 1.38 bits per heavy atom. The second-order valence-corrected chi connectivity index (χ2v) is 7.01. The van der Waals surface area contributed by atoms with Crippen LogP contribution in [0.15, 0.2) is 30.6 Å². The number of fused-ring (bicyclic) bond motifs is 1. The molecule has 0 aromatic carbocycles. The molecule has 1 aliphatic rings. The molecule has 4 heteroatoms. The maximum absolute atomic E-state index is 5.94. The Morgan fingerprint density at radius 3 is 3.05 bits per heavy atom. The molecule has 0 unspecified atom stereocenters. The van der Waals surface area contributed by atoms with Gasteiger partial charge in [-0.25, -0.2) is 4.98 Å². The van der Waals surface area contributed by atoms with Gasteiger partial charge in [0.05, 0.1) is 6.10 Å². The van der Waals surface area contributed by atoms with E-state index in [2.05, 4.69) is 47.6 Å². The lowest BCUT2D eigenvalue weighted by atomic mass is 9.81. The van der Waals surface area contributed by atoms with Crippen molar-refractivity contribution in [2.45, 2.75) is 39.8 Å². The van der Waals surface area contributed by atoms with Crippen LogP contribution < -0.4 is 5.32 Å². The Hall–Kier alpha value is -1.39. The molecule has 0 saturated carbocycles. The fourth-order valence-corrected chi connectivity index (χ4v) is 3.34. The largest absolute Gasteiger partial charge is 0.377 e. The van der Waals surface area contributed by atoms with Crippen LogP contribution in [0, 0.1) is 11.3 Å². The molecule has 114 valence electrons. The Balaban J connectivity index is 1.60. The molecule has 0 amide bonds. The summed E-state index contributed by atoms with van der Waals surface area (Å²) >= 11 is 0. The topological polar surface area (TPSA) is 38.6 Å². The third kappa shape index (κ3) is 3.11. The molecular formula is C17H25N3O. The molecule has 1 fully saturated rings. The summed E-state index contributed by atoms with van der Waals surface area (Å²) in [5.41, 5.74) is 2.47. The van der Waals surface area contributed by atoms with E-state index in [0.29, 0.717) is 12.0 Å². The average Bonchev–Trinajstić information content (AvgIpc) is 3.06. The zero-order valence-electron chi connectivity index (χ0n) is 13.2. The number of hydrogen-bond acceptors (Lipinski definition) is 3. The first-order chi connectivity index (χ1) is 10.1. The Kier molecular flexibility index (Phi) is 4.00. The number of ether oxygens (including phenoxy) is 1. The van der Waals surface area contributed by atoms with Crippen LogP contribution in [0.25, 0.3) is 5.65 Å². The number of pyridine rings is 1. The summed E-state index contributed by atoms with van der Waals surface area (Å²) in [6.45, 7) is 9.56. The van der Waals surface area contributed by atoms with Crippen molar-refractivity contribution in [2.75, 3.05) is 13.2 Å². The van der Waals surface area contributed by atoms with Crippen LogP contribution in [0.1, 0.15) is 32.9 Å². The number of aromatic nitrogens is 2. The van der Waals surface area contributed by atoms with Crippen LogP contribution in [0.3, 0.4) is 0 Å². The van der Waals surface area contributed by atoms with Gasteiger partial charge in [0.1, 0.15) is 5.65 Å². The molecular weight excluding hydrogens is 262 g/mol. The van der Waals surface area contributed by atoms with Gasteiger partial charge in [0, 0.05) is 43.7 Å². The Labute approximate surface area is 126 Å². The van der Waals surface area contributed by atoms with E-state index >= 15 is 0 Å². The minimum Gasteiger partial charge on any atom is -0.377 e. The molecule has 1 saturated heterocycles. The summed E-state index contributed by atoms with van der Waals surface area (Å²) in [6, 6.07) is 6.24. The first kappa shape index (κ1) is 14.5. The number of nitrogens with zero attached hydrogens (tertiary/aromatic N) is 2. The van der Waals surface area contributed by atoms with Crippen LogP contribution in [0.2, 0.25) is 0 Å². The number of hydrogen-bond donors (Lipinski definition) is 1. The van der Waals surface area contributed by atoms with E-state index in [-0.39, 0.29) is 5.41 Å². The average molecular weight is 287 g/mol. The van der Waals surface area contributed by atoms with Crippen LogP contribution in [0.4, 0.5) is 0 Å². The van der Waals surface area contributed by atoms with E-state index in [1.54, 1.807) is 0 Å². The number of nitrogens with one attached hydrogen (secondary N) is 1. The summed E-state index contributed by atoms with van der Waals surface area (Å²) in [4.78, 5) is 4.32. The molecule has 0 spiro atoms. The fraction of sp³-hybridized carbons (Fsp3) is 0.588. The standard InChI is InChI=1S/C17H25N3O/c1-17(2,3)16-13(7-10-21-16)11-18-12-14-5-4-6-15-19-8-9-20(14)15/h4-6,8-9,13,16,18H,7,10-12H2,1-3H3/t13-,16+/m1/s1. The van der Waals surface area contributed by atoms with Crippen molar-refractivity contribution >= 4 is 5.65 Å². The van der Waals surface area contributed by atoms with Gasteiger partial charge in [-0.1, -0.05) is 26.8 Å². The summed E-state index contributed by atoms with van der Waals surface area (Å²) in [5, 5.41) is 3.60. The van der Waals surface area contributed by atoms with Crippen molar-refractivity contribution in [1.82, 2.24) is 14.7 Å². The molecule has 3 rings (SSSR count). The van der Waals surface area contributed by atoms with Gasteiger partial charge in [0.15, 0.2) is 0 Å². The van der Waals surface area contributed by atoms with Crippen LogP contribution >= 0.6 is 0 Å². The fourth-order valence-electron chi connectivity index (χ4n) is 3.34. The highest BCUT2D eigenvalue weighted by Gasteiger charge is 2.36. The van der Waals surface area contributed by atoms with Gasteiger partial charge in [-0.3, -0.25) is 0 Å². The van der Waals surface area contributed by atoms with E-state index in [4.69, 9.17) is 4.74 Å². The third-order valence-corrected chi connectivity index (χ3v) is 4.29. The lowest BCUT2D eigenvalue weighted by Crippen LogP contribution is -2.36. The highest BCUT2D eigenvalue weighted by Crippen LogP contribution is 2.34. The van der Waals surface area contributed by atoms with E-state index < -0.39 is 0 Å². The number of imidazole rings is 1. The van der Waals surface area contributed by atoms with Gasteiger partial charge >= 0.3 is 0 Å². The van der Waals surface area contributed by atoms with E-state index in [1.165, 1.54) is 5.69 Å². The Bertz CT molecular complexity index is 599. The number of rotatable bonds is 4. The normalized spacial score (nSPS) is 23.0. The molecule has 2 aromatic heterocycles. The monoisotopic (exact) mass is 287 g/mol. The molecule has 21 heavy (non-hydrogen) atoms. The lowest BCUT2D eigenvalue weighted by Gasteiger charge is -2.31. The van der Waals surface area contributed by atoms with Gasteiger partial charge in [-0.15, -0.1) is 0 Å². The highest BCUT2D eigenvalue weighted by molar-refractivity contribution is 5.39. The second-order valence-electron chi connectivity index (χ2n) is 7.01. The molecule has 1 aliphatic heterocycles. The predicted molar refractivity (Wildman–Crippen MR) is 84.2 cm³/mol. The SMILES string of the molecule is CC(C)(C)[C@H]1OCC[C@@H]1CNCc1cccc2nccn12. The van der Waals surface area contributed by atoms with Gasteiger partial charge in [0.2, 0.25) is 0 Å². The minimum absolute atomic E-state index is 0.215. The zero-order valence-corrected chi connectivity index (χ0v) is 13.2. The first-order valence-corrected chi connectivity index (χ1v) is 7.79. The van der Waals surface area contributed by atoms with E-state index in [9.17, 15) is 0 Å². The smallest absolute Gasteiger partial charge is 0.136 e. The lowest BCUT2D eigenvalue weighted by molar-refractivity contribution is 0.00719. The third-order valence-electron chi connectivity index (χ3n) is 4.29. The predicted octanol–water partition coefficient (Wildman–Crippen LogP) is 2.88. The van der Waals surface area contributed by atoms with Gasteiger partial charge in [-0.2, -0.15) is 0 Å².